The molecule has 5 nitrogen and oxygen atoms in total. The molecule has 0 spiro atoms. The van der Waals surface area contributed by atoms with Crippen molar-refractivity contribution in [1.29, 1.82) is 0 Å². The molecule has 0 saturated carbocycles. The molecule has 0 aliphatic rings. The number of anilines is 1. The number of aromatic nitrogens is 4. The smallest absolute Gasteiger partial charge is 0.206 e. The predicted octanol–water partition coefficient (Wildman–Crippen LogP) is 4.47. The zero-order chi connectivity index (χ0) is 17.1. The fraction of sp³-hybridized carbons (Fsp3) is 0.0588. The van der Waals surface area contributed by atoms with E-state index in [4.69, 9.17) is 0 Å². The van der Waals surface area contributed by atoms with Crippen molar-refractivity contribution < 1.29 is 4.39 Å². The van der Waals surface area contributed by atoms with Gasteiger partial charge in [-0.15, -0.1) is 20.4 Å². The van der Waals surface area contributed by atoms with Gasteiger partial charge in [-0.2, -0.15) is 0 Å². The molecule has 25 heavy (non-hydrogen) atoms. The Balaban J connectivity index is 1.42. The van der Waals surface area contributed by atoms with Crippen molar-refractivity contribution in [3.63, 3.8) is 0 Å². The lowest BCUT2D eigenvalue weighted by atomic mass is 10.2. The number of nitrogens with one attached hydrogen (secondary N) is 1. The van der Waals surface area contributed by atoms with Crippen LogP contribution in [0.2, 0.25) is 0 Å². The summed E-state index contributed by atoms with van der Waals surface area (Å²) < 4.78 is 13.0. The zero-order valence-corrected chi connectivity index (χ0v) is 14.5. The van der Waals surface area contributed by atoms with Crippen LogP contribution < -0.4 is 5.32 Å². The van der Waals surface area contributed by atoms with Crippen LogP contribution in [0.1, 0.15) is 5.01 Å². The van der Waals surface area contributed by atoms with E-state index in [9.17, 15) is 4.39 Å². The molecule has 2 aromatic carbocycles. The van der Waals surface area contributed by atoms with Crippen LogP contribution in [0.3, 0.4) is 0 Å². The summed E-state index contributed by atoms with van der Waals surface area (Å²) in [7, 11) is 0. The fourth-order valence-corrected chi connectivity index (χ4v) is 3.71. The molecule has 4 aromatic rings. The Morgan fingerprint density at radius 2 is 1.44 bits per heavy atom. The molecule has 0 aliphatic heterocycles. The van der Waals surface area contributed by atoms with Crippen molar-refractivity contribution in [3.05, 3.63) is 65.4 Å². The Morgan fingerprint density at radius 1 is 0.760 bits per heavy atom. The van der Waals surface area contributed by atoms with Gasteiger partial charge in [-0.25, -0.2) is 4.39 Å². The first-order valence-electron chi connectivity index (χ1n) is 7.49. The summed E-state index contributed by atoms with van der Waals surface area (Å²) in [6, 6.07) is 16.2. The molecule has 2 heterocycles. The molecule has 0 unspecified atom stereocenters. The standard InChI is InChI=1S/C17H12FN5S2/c18-13-8-6-12(7-9-13)15-21-20-14(24-15)10-19-17-23-22-16(25-17)11-4-2-1-3-5-11/h1-9H,10H2,(H,19,23). The number of nitrogens with zero attached hydrogens (tertiary/aromatic N) is 4. The molecule has 0 saturated heterocycles. The van der Waals surface area contributed by atoms with Gasteiger partial charge in [0.15, 0.2) is 0 Å². The summed E-state index contributed by atoms with van der Waals surface area (Å²) in [6.45, 7) is 0.516. The summed E-state index contributed by atoms with van der Waals surface area (Å²) in [4.78, 5) is 0. The first-order valence-corrected chi connectivity index (χ1v) is 9.12. The van der Waals surface area contributed by atoms with E-state index in [0.29, 0.717) is 6.54 Å². The minimum atomic E-state index is -0.263. The van der Waals surface area contributed by atoms with Crippen molar-refractivity contribution in [2.24, 2.45) is 0 Å². The van der Waals surface area contributed by atoms with Crippen LogP contribution in [0.5, 0.6) is 0 Å². The number of rotatable bonds is 5. The second kappa shape index (κ2) is 7.04. The van der Waals surface area contributed by atoms with E-state index in [1.165, 1.54) is 34.8 Å². The molecular weight excluding hydrogens is 357 g/mol. The van der Waals surface area contributed by atoms with Crippen LogP contribution >= 0.6 is 22.7 Å². The lowest BCUT2D eigenvalue weighted by Crippen LogP contribution is -1.98. The third-order valence-electron chi connectivity index (χ3n) is 3.39. The Bertz CT molecular complexity index is 966. The van der Waals surface area contributed by atoms with Crippen LogP contribution in [0.4, 0.5) is 9.52 Å². The summed E-state index contributed by atoms with van der Waals surface area (Å²) in [6.07, 6.45) is 0. The Hall–Kier alpha value is -2.71. The van der Waals surface area contributed by atoms with Crippen LogP contribution in [0.15, 0.2) is 54.6 Å². The summed E-state index contributed by atoms with van der Waals surface area (Å²) in [5.41, 5.74) is 1.90. The molecule has 4 rings (SSSR count). The molecule has 1 N–H and O–H groups in total. The number of hydrogen-bond donors (Lipinski definition) is 1. The van der Waals surface area contributed by atoms with Crippen molar-refractivity contribution in [3.8, 4) is 21.1 Å². The van der Waals surface area contributed by atoms with Gasteiger partial charge in [0.1, 0.15) is 20.8 Å². The van der Waals surface area contributed by atoms with Gasteiger partial charge in [-0.3, -0.25) is 0 Å². The van der Waals surface area contributed by atoms with E-state index in [2.05, 4.69) is 25.7 Å². The van der Waals surface area contributed by atoms with Gasteiger partial charge < -0.3 is 5.32 Å². The number of benzene rings is 2. The Kier molecular flexibility index (Phi) is 4.45. The second-order valence-electron chi connectivity index (χ2n) is 5.14. The van der Waals surface area contributed by atoms with Crippen LogP contribution in [0.25, 0.3) is 21.1 Å². The third-order valence-corrected chi connectivity index (χ3v) is 5.30. The molecule has 0 bridgehead atoms. The zero-order valence-electron chi connectivity index (χ0n) is 12.9. The van der Waals surface area contributed by atoms with Crippen LogP contribution in [0, 0.1) is 5.82 Å². The topological polar surface area (TPSA) is 63.6 Å². The molecule has 0 amide bonds. The third kappa shape index (κ3) is 3.70. The molecule has 8 heteroatoms. The quantitative estimate of drug-likeness (QED) is 0.562. The molecule has 124 valence electrons. The van der Waals surface area contributed by atoms with E-state index in [1.807, 2.05) is 30.3 Å². The number of halogens is 1. The first kappa shape index (κ1) is 15.8. The predicted molar refractivity (Wildman–Crippen MR) is 98.0 cm³/mol. The average molecular weight is 369 g/mol. The lowest BCUT2D eigenvalue weighted by molar-refractivity contribution is 0.628. The molecule has 0 radical (unpaired) electrons. The van der Waals surface area contributed by atoms with Crippen LogP contribution in [-0.4, -0.2) is 20.4 Å². The lowest BCUT2D eigenvalue weighted by Gasteiger charge is -1.96. The molecule has 0 fully saturated rings. The second-order valence-corrected chi connectivity index (χ2v) is 7.18. The normalized spacial score (nSPS) is 10.8. The SMILES string of the molecule is Fc1ccc(-c2nnc(CNc3nnc(-c4ccccc4)s3)s2)cc1. The Morgan fingerprint density at radius 3 is 2.24 bits per heavy atom. The highest BCUT2D eigenvalue weighted by Gasteiger charge is 2.09. The van der Waals surface area contributed by atoms with Gasteiger partial charge >= 0.3 is 0 Å². The molecule has 0 atom stereocenters. The van der Waals surface area contributed by atoms with E-state index < -0.39 is 0 Å². The van der Waals surface area contributed by atoms with E-state index in [1.54, 1.807) is 12.1 Å². The average Bonchev–Trinajstić information content (AvgIpc) is 3.31. The summed E-state index contributed by atoms with van der Waals surface area (Å²) in [5.74, 6) is -0.263. The minimum Gasteiger partial charge on any atom is -0.353 e. The van der Waals surface area contributed by atoms with E-state index in [-0.39, 0.29) is 5.82 Å². The van der Waals surface area contributed by atoms with E-state index in [0.717, 1.165) is 31.3 Å². The maximum atomic E-state index is 13.0. The van der Waals surface area contributed by atoms with Gasteiger partial charge in [0.05, 0.1) is 6.54 Å². The van der Waals surface area contributed by atoms with Crippen molar-refractivity contribution in [2.45, 2.75) is 6.54 Å². The van der Waals surface area contributed by atoms with Crippen molar-refractivity contribution in [1.82, 2.24) is 20.4 Å². The van der Waals surface area contributed by atoms with E-state index >= 15 is 0 Å². The maximum absolute atomic E-state index is 13.0. The van der Waals surface area contributed by atoms with Crippen molar-refractivity contribution >= 4 is 27.8 Å². The maximum Gasteiger partial charge on any atom is 0.206 e. The van der Waals surface area contributed by atoms with Gasteiger partial charge in [0.25, 0.3) is 0 Å². The summed E-state index contributed by atoms with van der Waals surface area (Å²) in [5, 5.41) is 23.1. The largest absolute Gasteiger partial charge is 0.353 e. The molecule has 0 aliphatic carbocycles. The minimum absolute atomic E-state index is 0.263. The highest BCUT2D eigenvalue weighted by Crippen LogP contribution is 2.27. The van der Waals surface area contributed by atoms with Crippen LogP contribution in [-0.2, 0) is 6.54 Å². The van der Waals surface area contributed by atoms with Gasteiger partial charge in [-0.05, 0) is 24.3 Å². The first-order chi connectivity index (χ1) is 12.3. The summed E-state index contributed by atoms with van der Waals surface area (Å²) >= 11 is 2.95. The van der Waals surface area contributed by atoms with Gasteiger partial charge in [0, 0.05) is 11.1 Å². The molecular formula is C17H12FN5S2. The van der Waals surface area contributed by atoms with Gasteiger partial charge in [-0.1, -0.05) is 53.0 Å². The highest BCUT2D eigenvalue weighted by molar-refractivity contribution is 7.18. The Labute approximate surface area is 151 Å². The highest BCUT2D eigenvalue weighted by atomic mass is 32.1. The monoisotopic (exact) mass is 369 g/mol. The molecule has 2 aromatic heterocycles. The van der Waals surface area contributed by atoms with Gasteiger partial charge in [0.2, 0.25) is 5.13 Å². The number of hydrogen-bond acceptors (Lipinski definition) is 7. The fourth-order valence-electron chi connectivity index (χ4n) is 2.18. The van der Waals surface area contributed by atoms with Crippen molar-refractivity contribution in [2.75, 3.05) is 5.32 Å².